The largest absolute Gasteiger partial charge is 0.0620 e. The average Bonchev–Trinajstić information content (AvgIpc) is 2.63. The second-order valence-corrected chi connectivity index (χ2v) is 5.26. The van der Waals surface area contributed by atoms with Crippen molar-refractivity contribution in [1.82, 2.24) is 0 Å². The molecule has 11 heavy (non-hydrogen) atoms. The van der Waals surface area contributed by atoms with E-state index >= 15 is 0 Å². The van der Waals surface area contributed by atoms with Gasteiger partial charge in [-0.25, -0.2) is 0 Å². The third-order valence-corrected chi connectivity index (χ3v) is 5.11. The van der Waals surface area contributed by atoms with Gasteiger partial charge in [0.2, 0.25) is 0 Å². The van der Waals surface area contributed by atoms with Crippen LogP contribution in [0.25, 0.3) is 0 Å². The van der Waals surface area contributed by atoms with Crippen molar-refractivity contribution in [2.45, 2.75) is 51.9 Å². The van der Waals surface area contributed by atoms with Gasteiger partial charge in [0.1, 0.15) is 0 Å². The average molecular weight is 150 g/mol. The first-order chi connectivity index (χ1) is 5.29. The van der Waals surface area contributed by atoms with Crippen molar-refractivity contribution in [3.8, 4) is 0 Å². The Morgan fingerprint density at radius 1 is 1.09 bits per heavy atom. The van der Waals surface area contributed by atoms with E-state index in [0.717, 1.165) is 16.7 Å². The molecule has 0 N–H and O–H groups in total. The van der Waals surface area contributed by atoms with E-state index in [1.807, 2.05) is 0 Å². The Morgan fingerprint density at radius 3 is 2.73 bits per heavy atom. The molecular weight excluding hydrogens is 132 g/mol. The summed E-state index contributed by atoms with van der Waals surface area (Å²) in [5, 5.41) is 0. The topological polar surface area (TPSA) is 0 Å². The highest BCUT2D eigenvalue weighted by Gasteiger charge is 2.71. The smallest absolute Gasteiger partial charge is 0.0210 e. The second kappa shape index (κ2) is 1.67. The van der Waals surface area contributed by atoms with Gasteiger partial charge in [-0.05, 0) is 48.9 Å². The van der Waals surface area contributed by atoms with Gasteiger partial charge < -0.3 is 0 Å². The van der Waals surface area contributed by atoms with Crippen LogP contribution < -0.4 is 0 Å². The van der Waals surface area contributed by atoms with Crippen molar-refractivity contribution in [2.24, 2.45) is 16.7 Å². The van der Waals surface area contributed by atoms with E-state index in [1.54, 1.807) is 32.1 Å². The first kappa shape index (κ1) is 6.51. The first-order valence-corrected chi connectivity index (χ1v) is 5.29. The highest BCUT2D eigenvalue weighted by molar-refractivity contribution is 5.21. The van der Waals surface area contributed by atoms with Crippen LogP contribution in [0.1, 0.15) is 51.9 Å². The maximum absolute atomic E-state index is 2.50. The molecule has 0 heteroatoms. The first-order valence-electron chi connectivity index (χ1n) is 5.29. The van der Waals surface area contributed by atoms with Gasteiger partial charge in [0.05, 0.1) is 0 Å². The molecule has 0 aromatic heterocycles. The molecule has 0 aromatic rings. The SMILES string of the molecule is CC1CCC23CCCCC12C3. The summed E-state index contributed by atoms with van der Waals surface area (Å²) in [4.78, 5) is 0. The van der Waals surface area contributed by atoms with E-state index in [1.165, 1.54) is 12.8 Å². The monoisotopic (exact) mass is 150 g/mol. The van der Waals surface area contributed by atoms with Crippen LogP contribution in [0.4, 0.5) is 0 Å². The van der Waals surface area contributed by atoms with Gasteiger partial charge in [-0.3, -0.25) is 0 Å². The van der Waals surface area contributed by atoms with Gasteiger partial charge in [-0.15, -0.1) is 0 Å². The Kier molecular flexibility index (Phi) is 0.990. The predicted molar refractivity (Wildman–Crippen MR) is 46.3 cm³/mol. The Labute approximate surface area is 69.4 Å². The highest BCUT2D eigenvalue weighted by Crippen LogP contribution is 2.81. The van der Waals surface area contributed by atoms with Gasteiger partial charge in [0.15, 0.2) is 0 Å². The summed E-state index contributed by atoms with van der Waals surface area (Å²) >= 11 is 0. The Balaban J connectivity index is 1.96. The van der Waals surface area contributed by atoms with Crippen LogP contribution >= 0.6 is 0 Å². The van der Waals surface area contributed by atoms with Crippen molar-refractivity contribution >= 4 is 0 Å². The molecule has 3 saturated carbocycles. The highest BCUT2D eigenvalue weighted by atomic mass is 14.8. The maximum atomic E-state index is 2.50. The molecule has 0 aromatic carbocycles. The lowest BCUT2D eigenvalue weighted by molar-refractivity contribution is 0.234. The third kappa shape index (κ3) is 0.554. The zero-order valence-corrected chi connectivity index (χ0v) is 7.53. The predicted octanol–water partition coefficient (Wildman–Crippen LogP) is 3.37. The summed E-state index contributed by atoms with van der Waals surface area (Å²) in [6.45, 7) is 2.50. The molecular formula is C11H18. The molecule has 0 heterocycles. The van der Waals surface area contributed by atoms with E-state index in [9.17, 15) is 0 Å². The summed E-state index contributed by atoms with van der Waals surface area (Å²) in [5.41, 5.74) is 1.80. The quantitative estimate of drug-likeness (QED) is 0.496. The minimum atomic E-state index is 0.894. The van der Waals surface area contributed by atoms with Crippen molar-refractivity contribution in [3.63, 3.8) is 0 Å². The molecule has 3 atom stereocenters. The van der Waals surface area contributed by atoms with Gasteiger partial charge in [0, 0.05) is 0 Å². The van der Waals surface area contributed by atoms with Crippen LogP contribution in [0, 0.1) is 16.7 Å². The second-order valence-electron chi connectivity index (χ2n) is 5.26. The normalized spacial score (nSPS) is 60.3. The molecule has 0 amide bonds. The van der Waals surface area contributed by atoms with Gasteiger partial charge in [0.25, 0.3) is 0 Å². The van der Waals surface area contributed by atoms with E-state index in [2.05, 4.69) is 6.92 Å². The maximum Gasteiger partial charge on any atom is -0.0210 e. The molecule has 0 nitrogen and oxygen atoms in total. The van der Waals surface area contributed by atoms with Crippen molar-refractivity contribution in [2.75, 3.05) is 0 Å². The molecule has 0 spiro atoms. The molecule has 62 valence electrons. The molecule has 0 radical (unpaired) electrons. The van der Waals surface area contributed by atoms with Crippen molar-refractivity contribution in [3.05, 3.63) is 0 Å². The summed E-state index contributed by atoms with van der Waals surface area (Å²) < 4.78 is 0. The molecule has 3 aliphatic rings. The molecule has 3 fully saturated rings. The molecule has 0 aliphatic heterocycles. The van der Waals surface area contributed by atoms with Crippen LogP contribution in [0.5, 0.6) is 0 Å². The van der Waals surface area contributed by atoms with E-state index < -0.39 is 0 Å². The lowest BCUT2D eigenvalue weighted by atomic mass is 9.78. The number of rotatable bonds is 0. The number of hydrogen-bond acceptors (Lipinski definition) is 0. The van der Waals surface area contributed by atoms with Gasteiger partial charge >= 0.3 is 0 Å². The fraction of sp³-hybridized carbons (Fsp3) is 1.00. The molecule has 3 rings (SSSR count). The van der Waals surface area contributed by atoms with E-state index in [4.69, 9.17) is 0 Å². The summed E-state index contributed by atoms with van der Waals surface area (Å²) in [6, 6.07) is 0. The lowest BCUT2D eigenvalue weighted by Crippen LogP contribution is -2.17. The molecule has 3 unspecified atom stereocenters. The summed E-state index contributed by atoms with van der Waals surface area (Å²) in [6.07, 6.45) is 11.0. The Bertz CT molecular complexity index is 188. The van der Waals surface area contributed by atoms with Crippen molar-refractivity contribution in [1.29, 1.82) is 0 Å². The molecule has 0 saturated heterocycles. The van der Waals surface area contributed by atoms with Crippen LogP contribution in [-0.4, -0.2) is 0 Å². The minimum Gasteiger partial charge on any atom is -0.0620 e. The summed E-state index contributed by atoms with van der Waals surface area (Å²) in [7, 11) is 0. The molecule has 0 bridgehead atoms. The zero-order valence-electron chi connectivity index (χ0n) is 7.53. The Hall–Kier alpha value is 0. The van der Waals surface area contributed by atoms with Crippen LogP contribution in [0.3, 0.4) is 0 Å². The van der Waals surface area contributed by atoms with Crippen LogP contribution in [-0.2, 0) is 0 Å². The van der Waals surface area contributed by atoms with E-state index in [-0.39, 0.29) is 0 Å². The van der Waals surface area contributed by atoms with Crippen molar-refractivity contribution < 1.29 is 0 Å². The van der Waals surface area contributed by atoms with Crippen LogP contribution in [0.2, 0.25) is 0 Å². The summed E-state index contributed by atoms with van der Waals surface area (Å²) in [5.74, 6) is 1.07. The third-order valence-electron chi connectivity index (χ3n) is 5.11. The van der Waals surface area contributed by atoms with E-state index in [0.29, 0.717) is 0 Å². The number of hydrogen-bond donors (Lipinski definition) is 0. The Morgan fingerprint density at radius 2 is 1.91 bits per heavy atom. The van der Waals surface area contributed by atoms with Crippen LogP contribution in [0.15, 0.2) is 0 Å². The van der Waals surface area contributed by atoms with Gasteiger partial charge in [-0.1, -0.05) is 19.8 Å². The zero-order chi connectivity index (χ0) is 7.53. The fourth-order valence-electron chi connectivity index (χ4n) is 4.33. The standard InChI is InChI=1S/C11H18/c1-9-4-7-10-5-2-3-6-11(9,10)8-10/h9H,2-8H2,1H3. The molecule has 3 aliphatic carbocycles. The lowest BCUT2D eigenvalue weighted by Gasteiger charge is -2.26. The van der Waals surface area contributed by atoms with Gasteiger partial charge in [-0.2, -0.15) is 0 Å². The minimum absolute atomic E-state index is 0.894. The fourth-order valence-corrected chi connectivity index (χ4v) is 4.33.